The summed E-state index contributed by atoms with van der Waals surface area (Å²) < 4.78 is 9.79. The molecule has 2 aliphatic heterocycles. The largest absolute Gasteiger partial charge is 0.373 e. The zero-order valence-corrected chi connectivity index (χ0v) is 14.0. The van der Waals surface area contributed by atoms with E-state index in [1.54, 1.807) is 6.20 Å². The number of imidazole rings is 1. The molecule has 0 bridgehead atoms. The average molecular weight is 329 g/mol. The first-order valence-electron chi connectivity index (χ1n) is 8.66. The van der Waals surface area contributed by atoms with Gasteiger partial charge in [0, 0.05) is 38.4 Å². The maximum Gasteiger partial charge on any atom is 0.272 e. The maximum absolute atomic E-state index is 13.1. The zero-order valence-electron chi connectivity index (χ0n) is 14.0. The first-order valence-corrected chi connectivity index (χ1v) is 8.66. The molecule has 0 aliphatic carbocycles. The Morgan fingerprint density at radius 1 is 1.38 bits per heavy atom. The van der Waals surface area contributed by atoms with E-state index in [1.165, 1.54) is 0 Å². The lowest BCUT2D eigenvalue weighted by molar-refractivity contribution is -0.0303. The van der Waals surface area contributed by atoms with Gasteiger partial charge in [-0.15, -0.1) is 0 Å². The molecule has 128 valence electrons. The lowest BCUT2D eigenvalue weighted by Crippen LogP contribution is -2.47. The van der Waals surface area contributed by atoms with Gasteiger partial charge in [0.05, 0.1) is 24.9 Å². The topological polar surface area (TPSA) is 65.2 Å². The Hall–Kier alpha value is -2.15. The monoisotopic (exact) mass is 329 g/mol. The van der Waals surface area contributed by atoms with Crippen molar-refractivity contribution in [2.24, 2.45) is 0 Å². The van der Waals surface area contributed by atoms with Gasteiger partial charge in [0.1, 0.15) is 11.5 Å². The van der Waals surface area contributed by atoms with E-state index < -0.39 is 0 Å². The van der Waals surface area contributed by atoms with Crippen molar-refractivity contribution in [3.8, 4) is 0 Å². The van der Waals surface area contributed by atoms with E-state index in [0.717, 1.165) is 43.0 Å². The highest BCUT2D eigenvalue weighted by Crippen LogP contribution is 2.22. The minimum Gasteiger partial charge on any atom is -0.373 e. The molecule has 0 N–H and O–H groups in total. The minimum atomic E-state index is -0.0216. The number of aryl methyl sites for hydroxylation is 2. The molecule has 4 heterocycles. The van der Waals surface area contributed by atoms with Gasteiger partial charge in [-0.1, -0.05) is 0 Å². The van der Waals surface area contributed by atoms with Crippen molar-refractivity contribution < 1.29 is 9.53 Å². The molecule has 0 spiro atoms. The lowest BCUT2D eigenvalue weighted by Gasteiger charge is -2.33. The van der Waals surface area contributed by atoms with Crippen LogP contribution in [0.5, 0.6) is 0 Å². The number of amides is 1. The van der Waals surface area contributed by atoms with Crippen molar-refractivity contribution >= 4 is 5.91 Å². The van der Waals surface area contributed by atoms with Gasteiger partial charge in [-0.3, -0.25) is 9.48 Å². The van der Waals surface area contributed by atoms with Crippen LogP contribution >= 0.6 is 0 Å². The van der Waals surface area contributed by atoms with Crippen molar-refractivity contribution in [1.82, 2.24) is 24.2 Å². The van der Waals surface area contributed by atoms with Gasteiger partial charge in [-0.2, -0.15) is 5.10 Å². The third-order valence-electron chi connectivity index (χ3n) is 4.83. The normalized spacial score (nSPS) is 20.9. The van der Waals surface area contributed by atoms with Crippen LogP contribution in [0.25, 0.3) is 0 Å². The molecule has 1 fully saturated rings. The molecule has 4 rings (SSSR count). The minimum absolute atomic E-state index is 0.0216. The van der Waals surface area contributed by atoms with Crippen LogP contribution in [0.4, 0.5) is 0 Å². The number of hydrogen-bond acceptors (Lipinski definition) is 4. The molecular formula is C17H23N5O2. The summed E-state index contributed by atoms with van der Waals surface area (Å²) >= 11 is 0. The van der Waals surface area contributed by atoms with Crippen LogP contribution in [0.15, 0.2) is 18.5 Å². The summed E-state index contributed by atoms with van der Waals surface area (Å²) in [5.41, 5.74) is 1.62. The highest BCUT2D eigenvalue weighted by molar-refractivity contribution is 5.94. The predicted molar refractivity (Wildman–Crippen MR) is 87.8 cm³/mol. The van der Waals surface area contributed by atoms with E-state index in [4.69, 9.17) is 4.74 Å². The molecule has 7 heteroatoms. The second-order valence-corrected chi connectivity index (χ2v) is 6.54. The van der Waals surface area contributed by atoms with E-state index in [9.17, 15) is 4.79 Å². The summed E-state index contributed by atoms with van der Waals surface area (Å²) in [6.07, 6.45) is 6.91. The van der Waals surface area contributed by atoms with Crippen LogP contribution in [-0.2, 0) is 24.2 Å². The highest BCUT2D eigenvalue weighted by Gasteiger charge is 2.30. The molecule has 0 radical (unpaired) electrons. The van der Waals surface area contributed by atoms with Crippen LogP contribution in [0.1, 0.15) is 34.8 Å². The summed E-state index contributed by atoms with van der Waals surface area (Å²) in [6, 6.07) is 1.90. The number of ether oxygens (including phenoxy) is 1. The van der Waals surface area contributed by atoms with Crippen LogP contribution in [0.2, 0.25) is 0 Å². The molecule has 0 aromatic carbocycles. The van der Waals surface area contributed by atoms with Crippen LogP contribution in [0, 0.1) is 6.92 Å². The Balaban J connectivity index is 1.51. The van der Waals surface area contributed by atoms with Crippen molar-refractivity contribution in [3.63, 3.8) is 0 Å². The first-order chi connectivity index (χ1) is 11.7. The summed E-state index contributed by atoms with van der Waals surface area (Å²) in [5, 5.41) is 4.22. The van der Waals surface area contributed by atoms with Crippen LogP contribution in [0.3, 0.4) is 0 Å². The lowest BCUT2D eigenvalue weighted by atomic mass is 10.1. The molecule has 1 unspecified atom stereocenters. The summed E-state index contributed by atoms with van der Waals surface area (Å²) in [5.74, 6) is 1.14. The fourth-order valence-corrected chi connectivity index (χ4v) is 3.67. The van der Waals surface area contributed by atoms with Crippen LogP contribution < -0.4 is 0 Å². The molecular weight excluding hydrogens is 306 g/mol. The third-order valence-corrected chi connectivity index (χ3v) is 4.83. The molecule has 2 aliphatic rings. The van der Waals surface area contributed by atoms with Gasteiger partial charge < -0.3 is 14.2 Å². The SMILES string of the molecule is Cc1nc2n(c1C(=O)N1CCOC(Cn3cccn3)C1)CCCC2. The Labute approximate surface area is 141 Å². The number of fused-ring (bicyclic) bond motifs is 1. The van der Waals surface area contributed by atoms with Crippen molar-refractivity contribution in [2.45, 2.75) is 45.4 Å². The van der Waals surface area contributed by atoms with Crippen molar-refractivity contribution in [1.29, 1.82) is 0 Å². The number of carbonyl (C=O) groups is 1. The quantitative estimate of drug-likeness (QED) is 0.850. The molecule has 2 aromatic rings. The molecule has 1 atom stereocenters. The molecule has 1 amide bonds. The number of aromatic nitrogens is 4. The van der Waals surface area contributed by atoms with Gasteiger partial charge in [0.2, 0.25) is 0 Å². The molecule has 7 nitrogen and oxygen atoms in total. The zero-order chi connectivity index (χ0) is 16.5. The third kappa shape index (κ3) is 2.84. The number of morpholine rings is 1. The molecule has 0 saturated carbocycles. The van der Waals surface area contributed by atoms with Gasteiger partial charge in [-0.05, 0) is 25.8 Å². The summed E-state index contributed by atoms with van der Waals surface area (Å²) in [6.45, 7) is 5.31. The summed E-state index contributed by atoms with van der Waals surface area (Å²) in [4.78, 5) is 19.6. The van der Waals surface area contributed by atoms with E-state index in [0.29, 0.717) is 26.2 Å². The second-order valence-electron chi connectivity index (χ2n) is 6.54. The number of hydrogen-bond donors (Lipinski definition) is 0. The number of rotatable bonds is 3. The fourth-order valence-electron chi connectivity index (χ4n) is 3.67. The summed E-state index contributed by atoms with van der Waals surface area (Å²) in [7, 11) is 0. The van der Waals surface area contributed by atoms with E-state index in [-0.39, 0.29) is 12.0 Å². The second kappa shape index (κ2) is 6.39. The van der Waals surface area contributed by atoms with Gasteiger partial charge in [-0.25, -0.2) is 4.98 Å². The average Bonchev–Trinajstić information content (AvgIpc) is 3.21. The highest BCUT2D eigenvalue weighted by atomic mass is 16.5. The number of nitrogens with zero attached hydrogens (tertiary/aromatic N) is 5. The molecule has 1 saturated heterocycles. The predicted octanol–water partition coefficient (Wildman–Crippen LogP) is 1.27. The van der Waals surface area contributed by atoms with Crippen molar-refractivity contribution in [3.05, 3.63) is 35.7 Å². The van der Waals surface area contributed by atoms with E-state index in [2.05, 4.69) is 14.6 Å². The van der Waals surface area contributed by atoms with Crippen molar-refractivity contribution in [2.75, 3.05) is 19.7 Å². The van der Waals surface area contributed by atoms with Crippen LogP contribution in [-0.4, -0.2) is 55.9 Å². The Bertz CT molecular complexity index is 722. The van der Waals surface area contributed by atoms with E-state index in [1.807, 2.05) is 28.8 Å². The smallest absolute Gasteiger partial charge is 0.272 e. The van der Waals surface area contributed by atoms with E-state index >= 15 is 0 Å². The Morgan fingerprint density at radius 3 is 3.12 bits per heavy atom. The standard InChI is InChI=1S/C17H23N5O2/c1-13-16(22-8-3-2-5-15(22)19-13)17(23)20-9-10-24-14(11-20)12-21-7-4-6-18-21/h4,6-7,14H,2-3,5,8-12H2,1H3. The van der Waals surface area contributed by atoms with Gasteiger partial charge in [0.25, 0.3) is 5.91 Å². The van der Waals surface area contributed by atoms with Gasteiger partial charge in [0.15, 0.2) is 0 Å². The fraction of sp³-hybridized carbons (Fsp3) is 0.588. The first kappa shape index (κ1) is 15.4. The Morgan fingerprint density at radius 2 is 2.29 bits per heavy atom. The Kier molecular flexibility index (Phi) is 4.10. The maximum atomic E-state index is 13.1. The van der Waals surface area contributed by atoms with Gasteiger partial charge >= 0.3 is 0 Å². The molecule has 24 heavy (non-hydrogen) atoms. The molecule has 2 aromatic heterocycles. The number of carbonyl (C=O) groups excluding carboxylic acids is 1.